The van der Waals surface area contributed by atoms with Crippen molar-refractivity contribution in [1.82, 2.24) is 0 Å². The Kier molecular flexibility index (Phi) is 8.29. The van der Waals surface area contributed by atoms with Crippen molar-refractivity contribution in [3.05, 3.63) is 162 Å². The van der Waals surface area contributed by atoms with Gasteiger partial charge in [0, 0.05) is 34.2 Å². The van der Waals surface area contributed by atoms with Gasteiger partial charge in [-0.2, -0.15) is 0 Å². The molecular formula is C52H51BN2O. The van der Waals surface area contributed by atoms with Crippen LogP contribution in [0, 0.1) is 0 Å². The first-order valence-corrected chi connectivity index (χ1v) is 20.1. The van der Waals surface area contributed by atoms with Crippen LogP contribution in [0.1, 0.15) is 79.0 Å². The molecule has 0 fully saturated rings. The van der Waals surface area contributed by atoms with Crippen LogP contribution in [0.5, 0.6) is 11.5 Å². The molecular weight excluding hydrogens is 679 g/mol. The quantitative estimate of drug-likeness (QED) is 0.168. The molecule has 0 spiro atoms. The lowest BCUT2D eigenvalue weighted by Crippen LogP contribution is -2.60. The first kappa shape index (κ1) is 35.9. The predicted molar refractivity (Wildman–Crippen MR) is 241 cm³/mol. The number of hydrogen-bond donors (Lipinski definition) is 0. The van der Waals surface area contributed by atoms with E-state index in [1.165, 1.54) is 49.5 Å². The zero-order valence-electron chi connectivity index (χ0n) is 34.2. The zero-order chi connectivity index (χ0) is 39.1. The molecule has 56 heavy (non-hydrogen) atoms. The molecule has 2 heterocycles. The van der Waals surface area contributed by atoms with Crippen molar-refractivity contribution in [3.8, 4) is 11.5 Å². The minimum absolute atomic E-state index is 0.00905. The number of fused-ring (bicyclic) bond motifs is 5. The summed E-state index contributed by atoms with van der Waals surface area (Å²) in [5, 5.41) is 2.40. The summed E-state index contributed by atoms with van der Waals surface area (Å²) >= 11 is 0. The molecule has 0 saturated heterocycles. The third-order valence-electron chi connectivity index (χ3n) is 11.8. The fourth-order valence-corrected chi connectivity index (χ4v) is 8.60. The average Bonchev–Trinajstić information content (AvgIpc) is 3.17. The van der Waals surface area contributed by atoms with Crippen molar-refractivity contribution in [2.24, 2.45) is 0 Å². The van der Waals surface area contributed by atoms with E-state index in [9.17, 15) is 0 Å². The fraction of sp³-hybridized carbons (Fsp3) is 0.231. The van der Waals surface area contributed by atoms with Crippen molar-refractivity contribution in [2.45, 2.75) is 78.6 Å². The van der Waals surface area contributed by atoms with E-state index in [-0.39, 0.29) is 23.0 Å². The summed E-state index contributed by atoms with van der Waals surface area (Å²) in [4.78, 5) is 4.89. The SMILES string of the molecule is CC(C)(C)c1ccc(N2c3ccc(C(C)(C)C)cc3B3c4cc(C(C)(C)C)ccc4Oc4cc(N(c5ccccc5)c5cccc6ccccc56)cc2c43)cc1. The number of hydrogen-bond acceptors (Lipinski definition) is 3. The van der Waals surface area contributed by atoms with Crippen LogP contribution >= 0.6 is 0 Å². The molecule has 3 nitrogen and oxygen atoms in total. The molecule has 0 N–H and O–H groups in total. The van der Waals surface area contributed by atoms with E-state index in [4.69, 9.17) is 4.74 Å². The summed E-state index contributed by atoms with van der Waals surface area (Å²) in [5.74, 6) is 1.81. The van der Waals surface area contributed by atoms with Gasteiger partial charge in [0.25, 0.3) is 6.71 Å². The number of ether oxygens (including phenoxy) is 1. The van der Waals surface area contributed by atoms with Gasteiger partial charge in [0.2, 0.25) is 0 Å². The van der Waals surface area contributed by atoms with Crippen molar-refractivity contribution in [3.63, 3.8) is 0 Å². The van der Waals surface area contributed by atoms with E-state index in [1.807, 2.05) is 0 Å². The molecule has 0 unspecified atom stereocenters. The molecule has 7 aromatic carbocycles. The van der Waals surface area contributed by atoms with Gasteiger partial charge < -0.3 is 14.5 Å². The molecule has 0 aliphatic carbocycles. The van der Waals surface area contributed by atoms with Crippen LogP contribution in [-0.4, -0.2) is 6.71 Å². The van der Waals surface area contributed by atoms with Gasteiger partial charge in [-0.05, 0) is 103 Å². The molecule has 4 heteroatoms. The third kappa shape index (κ3) is 6.07. The van der Waals surface area contributed by atoms with E-state index in [2.05, 4.69) is 218 Å². The topological polar surface area (TPSA) is 15.7 Å². The van der Waals surface area contributed by atoms with Crippen LogP contribution in [0.25, 0.3) is 10.8 Å². The predicted octanol–water partition coefficient (Wildman–Crippen LogP) is 12.6. The lowest BCUT2D eigenvalue weighted by molar-refractivity contribution is 0.486. The van der Waals surface area contributed by atoms with Gasteiger partial charge >= 0.3 is 0 Å². The molecule has 0 atom stereocenters. The smallest absolute Gasteiger partial charge is 0.256 e. The molecule has 7 aromatic rings. The summed E-state index contributed by atoms with van der Waals surface area (Å²) in [6.07, 6.45) is 0. The Labute approximate surface area is 333 Å². The second kappa shape index (κ2) is 12.9. The van der Waals surface area contributed by atoms with Crippen LogP contribution in [0.3, 0.4) is 0 Å². The maximum absolute atomic E-state index is 7.15. The van der Waals surface area contributed by atoms with Crippen molar-refractivity contribution >= 4 is 68.0 Å². The summed E-state index contributed by atoms with van der Waals surface area (Å²) in [5.41, 5.74) is 14.4. The number of anilines is 6. The van der Waals surface area contributed by atoms with Crippen LogP contribution < -0.4 is 30.9 Å². The highest BCUT2D eigenvalue weighted by molar-refractivity contribution is 6.99. The van der Waals surface area contributed by atoms with Gasteiger partial charge in [-0.1, -0.05) is 153 Å². The number of benzene rings is 7. The summed E-state index contributed by atoms with van der Waals surface area (Å²) < 4.78 is 7.15. The van der Waals surface area contributed by atoms with Crippen molar-refractivity contribution in [2.75, 3.05) is 9.80 Å². The minimum atomic E-state index is -0.0168. The number of nitrogens with zero attached hydrogens (tertiary/aromatic N) is 2. The molecule has 0 radical (unpaired) electrons. The standard InChI is InChI=1S/C52H51BN2O/c1-50(2,3)35-22-26-39(27-23-35)55-45-28-24-36(51(4,5)6)30-42(45)53-43-31-37(52(7,8)9)25-29-47(43)56-48-33-40(32-46(55)49(48)53)54(38-18-11-10-12-19-38)44-21-15-17-34-16-13-14-20-41(34)44/h10-33H,1-9H3. The normalized spacial score (nSPS) is 13.5. The monoisotopic (exact) mass is 730 g/mol. The molecule has 9 rings (SSSR count). The van der Waals surface area contributed by atoms with E-state index in [0.29, 0.717) is 0 Å². The Hall–Kier alpha value is -5.74. The average molecular weight is 731 g/mol. The Morgan fingerprint density at radius 1 is 0.482 bits per heavy atom. The largest absolute Gasteiger partial charge is 0.458 e. The summed E-state index contributed by atoms with van der Waals surface area (Å²) in [6, 6.07) is 53.9. The zero-order valence-corrected chi connectivity index (χ0v) is 34.2. The molecule has 278 valence electrons. The second-order valence-corrected chi connectivity index (χ2v) is 18.7. The Morgan fingerprint density at radius 3 is 1.79 bits per heavy atom. The maximum Gasteiger partial charge on any atom is 0.256 e. The Balaban J connectivity index is 1.37. The van der Waals surface area contributed by atoms with Gasteiger partial charge in [-0.25, -0.2) is 0 Å². The van der Waals surface area contributed by atoms with Gasteiger partial charge in [-0.15, -0.1) is 0 Å². The van der Waals surface area contributed by atoms with Gasteiger partial charge in [0.1, 0.15) is 11.5 Å². The highest BCUT2D eigenvalue weighted by atomic mass is 16.5. The van der Waals surface area contributed by atoms with E-state index in [1.54, 1.807) is 0 Å². The van der Waals surface area contributed by atoms with Gasteiger partial charge in [-0.3, -0.25) is 0 Å². The minimum Gasteiger partial charge on any atom is -0.458 e. The highest BCUT2D eigenvalue weighted by Gasteiger charge is 2.43. The van der Waals surface area contributed by atoms with Crippen LogP contribution in [0.2, 0.25) is 0 Å². The van der Waals surface area contributed by atoms with Gasteiger partial charge in [0.05, 0.1) is 11.4 Å². The highest BCUT2D eigenvalue weighted by Crippen LogP contribution is 2.47. The maximum atomic E-state index is 7.15. The second-order valence-electron chi connectivity index (χ2n) is 18.7. The molecule has 0 amide bonds. The van der Waals surface area contributed by atoms with Crippen LogP contribution in [-0.2, 0) is 16.2 Å². The molecule has 2 aliphatic rings. The van der Waals surface area contributed by atoms with Crippen molar-refractivity contribution in [1.29, 1.82) is 0 Å². The molecule has 0 bridgehead atoms. The molecule has 0 aromatic heterocycles. The first-order valence-electron chi connectivity index (χ1n) is 20.1. The van der Waals surface area contributed by atoms with Crippen LogP contribution in [0.15, 0.2) is 146 Å². The third-order valence-corrected chi connectivity index (χ3v) is 11.8. The lowest BCUT2D eigenvalue weighted by Gasteiger charge is -2.42. The first-order chi connectivity index (χ1) is 26.7. The van der Waals surface area contributed by atoms with E-state index in [0.717, 1.165) is 39.9 Å². The molecule has 0 saturated carbocycles. The van der Waals surface area contributed by atoms with Crippen LogP contribution in [0.4, 0.5) is 34.1 Å². The molecule has 2 aliphatic heterocycles. The Bertz CT molecular complexity index is 2620. The van der Waals surface area contributed by atoms with Crippen molar-refractivity contribution < 1.29 is 4.74 Å². The van der Waals surface area contributed by atoms with E-state index < -0.39 is 0 Å². The van der Waals surface area contributed by atoms with E-state index >= 15 is 0 Å². The number of rotatable bonds is 4. The summed E-state index contributed by atoms with van der Waals surface area (Å²) in [7, 11) is 0. The number of para-hydroxylation sites is 1. The van der Waals surface area contributed by atoms with Gasteiger partial charge in [0.15, 0.2) is 0 Å². The lowest BCUT2D eigenvalue weighted by atomic mass is 9.33. The fourth-order valence-electron chi connectivity index (χ4n) is 8.60. The Morgan fingerprint density at radius 2 is 1.09 bits per heavy atom. The summed E-state index contributed by atoms with van der Waals surface area (Å²) in [6.45, 7) is 20.7.